The molecule has 0 saturated carbocycles. The van der Waals surface area contributed by atoms with E-state index in [0.29, 0.717) is 22.8 Å². The Bertz CT molecular complexity index is 1110. The summed E-state index contributed by atoms with van der Waals surface area (Å²) in [5.74, 6) is -2.36. The molecule has 1 aliphatic carbocycles. The number of carbonyl (C=O) groups excluding carboxylic acids is 4. The number of nitrogens with one attached hydrogen (secondary N) is 1. The Morgan fingerprint density at radius 1 is 1.09 bits per heavy atom. The van der Waals surface area contributed by atoms with Crippen LogP contribution in [0.15, 0.2) is 60.7 Å². The van der Waals surface area contributed by atoms with Crippen molar-refractivity contribution in [1.29, 1.82) is 0 Å². The number of imide groups is 1. The number of nitrogens with zero attached hydrogens (tertiary/aromatic N) is 1. The van der Waals surface area contributed by atoms with Crippen LogP contribution >= 0.6 is 11.6 Å². The van der Waals surface area contributed by atoms with Gasteiger partial charge in [0.15, 0.2) is 6.61 Å². The molecule has 7 nitrogen and oxygen atoms in total. The first-order chi connectivity index (χ1) is 15.4. The van der Waals surface area contributed by atoms with Crippen molar-refractivity contribution < 1.29 is 23.9 Å². The fourth-order valence-electron chi connectivity index (χ4n) is 4.11. The molecule has 0 unspecified atom stereocenters. The number of para-hydroxylation sites is 1. The fraction of sp³-hybridized carbons (Fsp3) is 0.250. The standard InChI is InChI=1S/C24H21ClN2O5/c1-14-5-4-6-17-21(14)23(30)27(22(17)29)16-11-9-15(10-12-16)24(31)32-13-20(28)26-19-8-3-2-7-18(19)25/h2-5,7-12,14,17,21H,6,13H2,1H3,(H,26,28)/t14-,17+,21+/m1/s1. The second-order valence-corrected chi connectivity index (χ2v) is 8.23. The van der Waals surface area contributed by atoms with Gasteiger partial charge in [-0.1, -0.05) is 42.8 Å². The second-order valence-electron chi connectivity index (χ2n) is 7.82. The van der Waals surface area contributed by atoms with Gasteiger partial charge in [-0.25, -0.2) is 4.79 Å². The van der Waals surface area contributed by atoms with Gasteiger partial charge in [-0.3, -0.25) is 19.3 Å². The number of ether oxygens (including phenoxy) is 1. The zero-order valence-electron chi connectivity index (χ0n) is 17.3. The van der Waals surface area contributed by atoms with Crippen LogP contribution in [0, 0.1) is 17.8 Å². The zero-order valence-corrected chi connectivity index (χ0v) is 18.0. The first-order valence-corrected chi connectivity index (χ1v) is 10.6. The summed E-state index contributed by atoms with van der Waals surface area (Å²) in [6.45, 7) is 1.45. The smallest absolute Gasteiger partial charge is 0.338 e. The number of hydrogen-bond donors (Lipinski definition) is 1. The number of esters is 1. The van der Waals surface area contributed by atoms with E-state index < -0.39 is 18.5 Å². The fourth-order valence-corrected chi connectivity index (χ4v) is 4.29. The summed E-state index contributed by atoms with van der Waals surface area (Å²) in [4.78, 5) is 51.2. The Morgan fingerprint density at radius 3 is 2.50 bits per heavy atom. The molecular weight excluding hydrogens is 432 g/mol. The van der Waals surface area contributed by atoms with Crippen molar-refractivity contribution in [2.45, 2.75) is 13.3 Å². The molecular formula is C24H21ClN2O5. The molecule has 2 aliphatic rings. The molecule has 1 fully saturated rings. The molecule has 0 radical (unpaired) electrons. The van der Waals surface area contributed by atoms with E-state index in [1.54, 1.807) is 24.3 Å². The van der Waals surface area contributed by atoms with Crippen LogP contribution in [0.3, 0.4) is 0 Å². The Labute approximate surface area is 190 Å². The summed E-state index contributed by atoms with van der Waals surface area (Å²) < 4.78 is 5.05. The molecule has 1 N–H and O–H groups in total. The van der Waals surface area contributed by atoms with Crippen LogP contribution in [0.1, 0.15) is 23.7 Å². The van der Waals surface area contributed by atoms with E-state index in [4.69, 9.17) is 16.3 Å². The zero-order chi connectivity index (χ0) is 22.8. The lowest BCUT2D eigenvalue weighted by atomic mass is 9.78. The van der Waals surface area contributed by atoms with Crippen molar-refractivity contribution in [3.8, 4) is 0 Å². The molecule has 164 valence electrons. The van der Waals surface area contributed by atoms with Gasteiger partial charge < -0.3 is 10.1 Å². The van der Waals surface area contributed by atoms with E-state index in [2.05, 4.69) is 5.32 Å². The number of carbonyl (C=O) groups is 4. The monoisotopic (exact) mass is 452 g/mol. The van der Waals surface area contributed by atoms with E-state index >= 15 is 0 Å². The number of anilines is 2. The van der Waals surface area contributed by atoms with Crippen LogP contribution in [0.4, 0.5) is 11.4 Å². The molecule has 0 bridgehead atoms. The summed E-state index contributed by atoms with van der Waals surface area (Å²) in [7, 11) is 0. The quantitative estimate of drug-likeness (QED) is 0.422. The molecule has 32 heavy (non-hydrogen) atoms. The second kappa shape index (κ2) is 8.96. The van der Waals surface area contributed by atoms with Gasteiger partial charge in [-0.2, -0.15) is 0 Å². The van der Waals surface area contributed by atoms with Crippen LogP contribution < -0.4 is 10.2 Å². The lowest BCUT2D eigenvalue weighted by Gasteiger charge is -2.22. The number of benzene rings is 2. The molecule has 1 saturated heterocycles. The average Bonchev–Trinajstić information content (AvgIpc) is 3.05. The number of halogens is 1. The summed E-state index contributed by atoms with van der Waals surface area (Å²) in [6, 6.07) is 12.7. The SMILES string of the molecule is C[C@@H]1C=CC[C@@H]2C(=O)N(c3ccc(C(=O)OCC(=O)Nc4ccccc4Cl)cc3)C(=O)[C@@H]12. The average molecular weight is 453 g/mol. The van der Waals surface area contributed by atoms with E-state index in [1.165, 1.54) is 29.2 Å². The van der Waals surface area contributed by atoms with Crippen LogP contribution in [0.2, 0.25) is 5.02 Å². The van der Waals surface area contributed by atoms with Gasteiger partial charge in [-0.15, -0.1) is 0 Å². The summed E-state index contributed by atoms with van der Waals surface area (Å²) >= 11 is 5.99. The van der Waals surface area contributed by atoms with Crippen molar-refractivity contribution in [3.63, 3.8) is 0 Å². The number of amides is 3. The minimum Gasteiger partial charge on any atom is -0.452 e. The highest BCUT2D eigenvalue weighted by atomic mass is 35.5. The van der Waals surface area contributed by atoms with Gasteiger partial charge in [-0.05, 0) is 48.7 Å². The Hall–Kier alpha value is -3.45. The number of hydrogen-bond acceptors (Lipinski definition) is 5. The third-order valence-electron chi connectivity index (χ3n) is 5.72. The van der Waals surface area contributed by atoms with Crippen molar-refractivity contribution in [2.24, 2.45) is 17.8 Å². The maximum atomic E-state index is 12.9. The van der Waals surface area contributed by atoms with Crippen LogP contribution in [-0.4, -0.2) is 30.3 Å². The highest BCUT2D eigenvalue weighted by Crippen LogP contribution is 2.40. The van der Waals surface area contributed by atoms with Crippen molar-refractivity contribution in [2.75, 3.05) is 16.8 Å². The highest BCUT2D eigenvalue weighted by molar-refractivity contribution is 6.33. The predicted molar refractivity (Wildman–Crippen MR) is 119 cm³/mol. The Kier molecular flexibility index (Phi) is 6.10. The molecule has 0 spiro atoms. The molecule has 2 aromatic carbocycles. The van der Waals surface area contributed by atoms with Crippen LogP contribution in [0.5, 0.6) is 0 Å². The molecule has 1 heterocycles. The van der Waals surface area contributed by atoms with Gasteiger partial charge in [0.2, 0.25) is 11.8 Å². The van der Waals surface area contributed by atoms with Crippen LogP contribution in [-0.2, 0) is 19.1 Å². The summed E-state index contributed by atoms with van der Waals surface area (Å²) in [5.41, 5.74) is 1.03. The first-order valence-electron chi connectivity index (χ1n) is 10.2. The van der Waals surface area contributed by atoms with Gasteiger partial charge >= 0.3 is 5.97 Å². The summed E-state index contributed by atoms with van der Waals surface area (Å²) in [5, 5.41) is 2.94. The molecule has 3 atom stereocenters. The lowest BCUT2D eigenvalue weighted by molar-refractivity contribution is -0.123. The molecule has 4 rings (SSSR count). The predicted octanol–water partition coefficient (Wildman–Crippen LogP) is 3.84. The first kappa shape index (κ1) is 21.8. The maximum absolute atomic E-state index is 12.9. The molecule has 1 aliphatic heterocycles. The Morgan fingerprint density at radius 2 is 1.81 bits per heavy atom. The van der Waals surface area contributed by atoms with Gasteiger partial charge in [0.05, 0.1) is 33.8 Å². The van der Waals surface area contributed by atoms with Crippen molar-refractivity contribution in [1.82, 2.24) is 0 Å². The minimum atomic E-state index is -0.698. The number of rotatable bonds is 5. The highest BCUT2D eigenvalue weighted by Gasteiger charge is 2.50. The lowest BCUT2D eigenvalue weighted by Crippen LogP contribution is -2.31. The van der Waals surface area contributed by atoms with Crippen molar-refractivity contribution >= 4 is 46.7 Å². The number of allylic oxidation sites excluding steroid dienone is 2. The maximum Gasteiger partial charge on any atom is 0.338 e. The van der Waals surface area contributed by atoms with Gasteiger partial charge in [0.1, 0.15) is 0 Å². The minimum absolute atomic E-state index is 0.00126. The third-order valence-corrected chi connectivity index (χ3v) is 6.05. The van der Waals surface area contributed by atoms with Gasteiger partial charge in [0.25, 0.3) is 5.91 Å². The largest absolute Gasteiger partial charge is 0.452 e. The molecule has 8 heteroatoms. The third kappa shape index (κ3) is 4.16. The number of fused-ring (bicyclic) bond motifs is 1. The summed E-state index contributed by atoms with van der Waals surface area (Å²) in [6.07, 6.45) is 4.47. The molecule has 0 aromatic heterocycles. The van der Waals surface area contributed by atoms with E-state index in [9.17, 15) is 19.2 Å². The van der Waals surface area contributed by atoms with E-state index in [1.807, 2.05) is 19.1 Å². The van der Waals surface area contributed by atoms with Gasteiger partial charge in [0, 0.05) is 0 Å². The van der Waals surface area contributed by atoms with E-state index in [0.717, 1.165) is 0 Å². The molecule has 3 amide bonds. The normalized spacial score (nSPS) is 21.9. The topological polar surface area (TPSA) is 92.8 Å². The van der Waals surface area contributed by atoms with E-state index in [-0.39, 0.29) is 35.1 Å². The van der Waals surface area contributed by atoms with Crippen LogP contribution in [0.25, 0.3) is 0 Å². The molecule has 2 aromatic rings. The Balaban J connectivity index is 1.38. The van der Waals surface area contributed by atoms with Crippen molar-refractivity contribution in [3.05, 3.63) is 71.3 Å².